The number of benzene rings is 2. The van der Waals surface area contributed by atoms with Crippen LogP contribution in [-0.2, 0) is 6.42 Å². The minimum absolute atomic E-state index is 0.827. The summed E-state index contributed by atoms with van der Waals surface area (Å²) < 4.78 is 0. The van der Waals surface area contributed by atoms with Crippen LogP contribution in [0, 0.1) is 6.92 Å². The number of rotatable bonds is 2. The Morgan fingerprint density at radius 3 is 2.50 bits per heavy atom. The summed E-state index contributed by atoms with van der Waals surface area (Å²) in [6, 6.07) is 14.6. The van der Waals surface area contributed by atoms with Gasteiger partial charge in [-0.3, -0.25) is 0 Å². The zero-order chi connectivity index (χ0) is 11.5. The quantitative estimate of drug-likeness (QED) is 0.690. The van der Waals surface area contributed by atoms with Gasteiger partial charge in [0, 0.05) is 10.6 Å². The van der Waals surface area contributed by atoms with Crippen molar-refractivity contribution in [3.05, 3.63) is 58.6 Å². The molecular weight excluding hydrogens is 216 g/mol. The molecule has 0 aliphatic carbocycles. The van der Waals surface area contributed by atoms with Gasteiger partial charge in [-0.2, -0.15) is 0 Å². The normalized spacial score (nSPS) is 10.4. The zero-order valence-corrected chi connectivity index (χ0v) is 10.4. The molecule has 1 heteroatoms. The van der Waals surface area contributed by atoms with Crippen molar-refractivity contribution in [2.45, 2.75) is 20.3 Å². The van der Waals surface area contributed by atoms with Crippen LogP contribution in [0.1, 0.15) is 18.1 Å². The first-order chi connectivity index (χ1) is 7.72. The van der Waals surface area contributed by atoms with E-state index in [0.29, 0.717) is 0 Å². The lowest BCUT2D eigenvalue weighted by atomic mass is 9.98. The lowest BCUT2D eigenvalue weighted by molar-refractivity contribution is 1.14. The first kappa shape index (κ1) is 11.2. The van der Waals surface area contributed by atoms with Gasteiger partial charge in [0.15, 0.2) is 0 Å². The van der Waals surface area contributed by atoms with Gasteiger partial charge in [0.2, 0.25) is 0 Å². The van der Waals surface area contributed by atoms with E-state index in [4.69, 9.17) is 11.6 Å². The third-order valence-corrected chi connectivity index (χ3v) is 3.16. The van der Waals surface area contributed by atoms with Gasteiger partial charge in [-0.25, -0.2) is 0 Å². The molecule has 0 bridgehead atoms. The molecule has 2 aromatic rings. The monoisotopic (exact) mass is 230 g/mol. The Hall–Kier alpha value is -1.27. The largest absolute Gasteiger partial charge is 0.0837 e. The summed E-state index contributed by atoms with van der Waals surface area (Å²) in [6.07, 6.45) is 1.05. The standard InChI is InChI=1S/C15H15Cl/c1-3-12-7-5-8-13(10-12)15-11(2)6-4-9-14(15)16/h4-10H,3H2,1-2H3. The minimum Gasteiger partial charge on any atom is -0.0837 e. The highest BCUT2D eigenvalue weighted by Crippen LogP contribution is 2.31. The van der Waals surface area contributed by atoms with Crippen LogP contribution < -0.4 is 0 Å². The van der Waals surface area contributed by atoms with E-state index in [2.05, 4.69) is 44.2 Å². The van der Waals surface area contributed by atoms with Crippen LogP contribution in [0.4, 0.5) is 0 Å². The summed E-state index contributed by atoms with van der Waals surface area (Å²) in [5.74, 6) is 0. The topological polar surface area (TPSA) is 0 Å². The molecule has 2 rings (SSSR count). The highest BCUT2D eigenvalue weighted by atomic mass is 35.5. The Labute approximate surface area is 102 Å². The van der Waals surface area contributed by atoms with Crippen molar-refractivity contribution in [1.82, 2.24) is 0 Å². The molecule has 0 aromatic heterocycles. The maximum atomic E-state index is 6.26. The fraction of sp³-hybridized carbons (Fsp3) is 0.200. The lowest BCUT2D eigenvalue weighted by Crippen LogP contribution is -1.87. The summed E-state index contributed by atoms with van der Waals surface area (Å²) in [6.45, 7) is 4.26. The van der Waals surface area contributed by atoms with E-state index in [1.807, 2.05) is 12.1 Å². The van der Waals surface area contributed by atoms with E-state index in [1.54, 1.807) is 0 Å². The smallest absolute Gasteiger partial charge is 0.0487 e. The number of halogens is 1. The van der Waals surface area contributed by atoms with Gasteiger partial charge < -0.3 is 0 Å². The molecule has 0 heterocycles. The number of hydrogen-bond acceptors (Lipinski definition) is 0. The van der Waals surface area contributed by atoms with Crippen molar-refractivity contribution < 1.29 is 0 Å². The maximum absolute atomic E-state index is 6.26. The van der Waals surface area contributed by atoms with Crippen LogP contribution in [0.15, 0.2) is 42.5 Å². The Morgan fingerprint density at radius 1 is 1.06 bits per heavy atom. The van der Waals surface area contributed by atoms with Crippen LogP contribution in [0.3, 0.4) is 0 Å². The summed E-state index contributed by atoms with van der Waals surface area (Å²) >= 11 is 6.26. The Kier molecular flexibility index (Phi) is 3.31. The van der Waals surface area contributed by atoms with Crippen LogP contribution in [0.25, 0.3) is 11.1 Å². The van der Waals surface area contributed by atoms with Crippen molar-refractivity contribution in [3.63, 3.8) is 0 Å². The summed E-state index contributed by atoms with van der Waals surface area (Å²) in [5, 5.41) is 0.827. The van der Waals surface area contributed by atoms with Crippen molar-refractivity contribution in [3.8, 4) is 11.1 Å². The molecule has 0 atom stereocenters. The second-order valence-electron chi connectivity index (χ2n) is 3.99. The van der Waals surface area contributed by atoms with Gasteiger partial charge >= 0.3 is 0 Å². The summed E-state index contributed by atoms with van der Waals surface area (Å²) in [5.41, 5.74) is 4.93. The first-order valence-corrected chi connectivity index (χ1v) is 5.94. The predicted molar refractivity (Wildman–Crippen MR) is 71.0 cm³/mol. The van der Waals surface area contributed by atoms with E-state index in [1.165, 1.54) is 16.7 Å². The van der Waals surface area contributed by atoms with Crippen molar-refractivity contribution >= 4 is 11.6 Å². The molecule has 0 amide bonds. The molecule has 0 aliphatic heterocycles. The number of aryl methyl sites for hydroxylation is 2. The minimum atomic E-state index is 0.827. The van der Waals surface area contributed by atoms with E-state index in [-0.39, 0.29) is 0 Å². The number of hydrogen-bond donors (Lipinski definition) is 0. The van der Waals surface area contributed by atoms with E-state index in [0.717, 1.165) is 17.0 Å². The lowest BCUT2D eigenvalue weighted by Gasteiger charge is -2.09. The van der Waals surface area contributed by atoms with Crippen LogP contribution in [-0.4, -0.2) is 0 Å². The molecule has 0 spiro atoms. The highest BCUT2D eigenvalue weighted by Gasteiger charge is 2.06. The van der Waals surface area contributed by atoms with Gasteiger partial charge in [-0.05, 0) is 36.1 Å². The fourth-order valence-corrected chi connectivity index (χ4v) is 2.28. The SMILES string of the molecule is CCc1cccc(-c2c(C)cccc2Cl)c1. The average molecular weight is 231 g/mol. The molecule has 0 nitrogen and oxygen atoms in total. The summed E-state index contributed by atoms with van der Waals surface area (Å²) in [7, 11) is 0. The first-order valence-electron chi connectivity index (χ1n) is 5.57. The van der Waals surface area contributed by atoms with Gasteiger partial charge in [0.05, 0.1) is 0 Å². The van der Waals surface area contributed by atoms with Crippen LogP contribution in [0.2, 0.25) is 5.02 Å². The second-order valence-corrected chi connectivity index (χ2v) is 4.39. The van der Waals surface area contributed by atoms with E-state index < -0.39 is 0 Å². The van der Waals surface area contributed by atoms with Gasteiger partial charge in [-0.1, -0.05) is 54.9 Å². The molecule has 16 heavy (non-hydrogen) atoms. The molecule has 82 valence electrons. The Bertz CT molecular complexity index is 480. The van der Waals surface area contributed by atoms with E-state index >= 15 is 0 Å². The zero-order valence-electron chi connectivity index (χ0n) is 9.63. The molecule has 0 N–H and O–H groups in total. The third kappa shape index (κ3) is 2.12. The van der Waals surface area contributed by atoms with Gasteiger partial charge in [0.1, 0.15) is 0 Å². The average Bonchev–Trinajstić information content (AvgIpc) is 2.29. The second kappa shape index (κ2) is 4.71. The Morgan fingerprint density at radius 2 is 1.81 bits per heavy atom. The maximum Gasteiger partial charge on any atom is 0.0487 e. The highest BCUT2D eigenvalue weighted by molar-refractivity contribution is 6.33. The van der Waals surface area contributed by atoms with Crippen molar-refractivity contribution in [2.75, 3.05) is 0 Å². The van der Waals surface area contributed by atoms with E-state index in [9.17, 15) is 0 Å². The molecule has 0 fully saturated rings. The van der Waals surface area contributed by atoms with Gasteiger partial charge in [0.25, 0.3) is 0 Å². The Balaban J connectivity index is 2.58. The fourth-order valence-electron chi connectivity index (χ4n) is 1.94. The molecule has 0 saturated heterocycles. The van der Waals surface area contributed by atoms with Crippen molar-refractivity contribution in [1.29, 1.82) is 0 Å². The third-order valence-electron chi connectivity index (χ3n) is 2.85. The van der Waals surface area contributed by atoms with Crippen LogP contribution in [0.5, 0.6) is 0 Å². The molecule has 0 saturated carbocycles. The molecule has 0 aliphatic rings. The molecule has 0 radical (unpaired) electrons. The molecule has 2 aromatic carbocycles. The van der Waals surface area contributed by atoms with Gasteiger partial charge in [-0.15, -0.1) is 0 Å². The van der Waals surface area contributed by atoms with Crippen molar-refractivity contribution in [2.24, 2.45) is 0 Å². The predicted octanol–water partition coefficient (Wildman–Crippen LogP) is 4.88. The summed E-state index contributed by atoms with van der Waals surface area (Å²) in [4.78, 5) is 0. The van der Waals surface area contributed by atoms with Crippen LogP contribution >= 0.6 is 11.6 Å². The molecule has 0 unspecified atom stereocenters. The molecular formula is C15H15Cl.